The number of oxazole rings is 1. The van der Waals surface area contributed by atoms with Crippen molar-refractivity contribution in [3.05, 3.63) is 34.1 Å². The highest BCUT2D eigenvalue weighted by molar-refractivity contribution is 5.83. The molecule has 0 atom stereocenters. The maximum absolute atomic E-state index is 13.0. The zero-order valence-corrected chi connectivity index (χ0v) is 6.33. The lowest BCUT2D eigenvalue weighted by Gasteiger charge is -1.91. The van der Waals surface area contributed by atoms with Crippen LogP contribution in [0.5, 0.6) is 0 Å². The van der Waals surface area contributed by atoms with Crippen LogP contribution in [0.15, 0.2) is 21.3 Å². The standard InChI is InChI=1S/C8H4FNO3/c9-5-1-4(3-11)2-6-7(5)13-8(12)10-6/h1-3H,(H,10,12). The van der Waals surface area contributed by atoms with Crippen LogP contribution < -0.4 is 5.76 Å². The average molecular weight is 181 g/mol. The van der Waals surface area contributed by atoms with Crippen molar-refractivity contribution in [1.82, 2.24) is 4.98 Å². The minimum Gasteiger partial charge on any atom is -0.405 e. The summed E-state index contributed by atoms with van der Waals surface area (Å²) in [7, 11) is 0. The Morgan fingerprint density at radius 2 is 2.23 bits per heavy atom. The summed E-state index contributed by atoms with van der Waals surface area (Å²) in [6.45, 7) is 0. The van der Waals surface area contributed by atoms with Gasteiger partial charge in [-0.3, -0.25) is 9.78 Å². The van der Waals surface area contributed by atoms with Gasteiger partial charge in [0.15, 0.2) is 11.4 Å². The monoisotopic (exact) mass is 181 g/mol. The Morgan fingerprint density at radius 1 is 1.46 bits per heavy atom. The van der Waals surface area contributed by atoms with E-state index < -0.39 is 11.6 Å². The van der Waals surface area contributed by atoms with Gasteiger partial charge in [-0.2, -0.15) is 0 Å². The molecule has 2 rings (SSSR count). The Bertz CT molecular complexity index is 526. The summed E-state index contributed by atoms with van der Waals surface area (Å²) >= 11 is 0. The first-order chi connectivity index (χ1) is 6.20. The van der Waals surface area contributed by atoms with E-state index in [9.17, 15) is 14.0 Å². The predicted octanol–water partition coefficient (Wildman–Crippen LogP) is 1.07. The number of aromatic amines is 1. The topological polar surface area (TPSA) is 63.1 Å². The number of fused-ring (bicyclic) bond motifs is 1. The highest BCUT2D eigenvalue weighted by Gasteiger charge is 2.08. The number of carbonyl (C=O) groups excluding carboxylic acids is 1. The first-order valence-corrected chi connectivity index (χ1v) is 3.48. The molecule has 1 aromatic carbocycles. The number of hydrogen-bond donors (Lipinski definition) is 1. The smallest absolute Gasteiger partial charge is 0.405 e. The minimum atomic E-state index is -0.739. The number of rotatable bonds is 1. The number of benzene rings is 1. The Kier molecular flexibility index (Phi) is 1.51. The van der Waals surface area contributed by atoms with E-state index in [4.69, 9.17) is 0 Å². The fourth-order valence-electron chi connectivity index (χ4n) is 1.11. The first-order valence-electron chi connectivity index (χ1n) is 3.48. The molecular formula is C8H4FNO3. The lowest BCUT2D eigenvalue weighted by Crippen LogP contribution is -1.92. The second kappa shape index (κ2) is 2.55. The molecule has 0 saturated carbocycles. The van der Waals surface area contributed by atoms with Crippen molar-refractivity contribution in [2.24, 2.45) is 0 Å². The van der Waals surface area contributed by atoms with Gasteiger partial charge in [-0.05, 0) is 12.1 Å². The van der Waals surface area contributed by atoms with Crippen molar-refractivity contribution in [2.75, 3.05) is 0 Å². The van der Waals surface area contributed by atoms with Gasteiger partial charge in [0.2, 0.25) is 0 Å². The molecule has 0 aliphatic heterocycles. The number of H-pyrrole nitrogens is 1. The SMILES string of the molecule is O=Cc1cc(F)c2oc(=O)[nH]c2c1. The van der Waals surface area contributed by atoms with Gasteiger partial charge in [0.25, 0.3) is 0 Å². The van der Waals surface area contributed by atoms with Gasteiger partial charge in [-0.1, -0.05) is 0 Å². The zero-order chi connectivity index (χ0) is 9.42. The molecule has 0 aliphatic rings. The van der Waals surface area contributed by atoms with Crippen molar-refractivity contribution in [1.29, 1.82) is 0 Å². The van der Waals surface area contributed by atoms with Crippen LogP contribution in [0.25, 0.3) is 11.1 Å². The van der Waals surface area contributed by atoms with Crippen LogP contribution in [-0.4, -0.2) is 11.3 Å². The third-order valence-corrected chi connectivity index (χ3v) is 1.63. The second-order valence-electron chi connectivity index (χ2n) is 2.51. The Morgan fingerprint density at radius 3 is 2.92 bits per heavy atom. The predicted molar refractivity (Wildman–Crippen MR) is 42.2 cm³/mol. The molecule has 0 fully saturated rings. The zero-order valence-electron chi connectivity index (χ0n) is 6.33. The lowest BCUT2D eigenvalue weighted by atomic mass is 10.2. The van der Waals surface area contributed by atoms with E-state index in [0.29, 0.717) is 6.29 Å². The number of carbonyl (C=O) groups is 1. The third kappa shape index (κ3) is 1.14. The Balaban J connectivity index is 2.90. The van der Waals surface area contributed by atoms with Crippen molar-refractivity contribution >= 4 is 17.4 Å². The van der Waals surface area contributed by atoms with Gasteiger partial charge in [-0.15, -0.1) is 0 Å². The van der Waals surface area contributed by atoms with Gasteiger partial charge >= 0.3 is 5.76 Å². The van der Waals surface area contributed by atoms with Gasteiger partial charge in [0.1, 0.15) is 6.29 Å². The number of aldehydes is 1. The van der Waals surface area contributed by atoms with Crippen LogP contribution in [0, 0.1) is 5.82 Å². The molecular weight excluding hydrogens is 177 g/mol. The molecule has 0 radical (unpaired) electrons. The highest BCUT2D eigenvalue weighted by atomic mass is 19.1. The molecule has 1 aromatic heterocycles. The molecule has 66 valence electrons. The van der Waals surface area contributed by atoms with Crippen LogP contribution >= 0.6 is 0 Å². The summed E-state index contributed by atoms with van der Waals surface area (Å²) in [4.78, 5) is 23.2. The molecule has 0 saturated heterocycles. The van der Waals surface area contributed by atoms with E-state index in [1.807, 2.05) is 0 Å². The van der Waals surface area contributed by atoms with E-state index in [2.05, 4.69) is 9.40 Å². The molecule has 1 N–H and O–H groups in total. The van der Waals surface area contributed by atoms with Crippen molar-refractivity contribution < 1.29 is 13.6 Å². The number of hydrogen-bond acceptors (Lipinski definition) is 3. The molecule has 0 amide bonds. The van der Waals surface area contributed by atoms with E-state index >= 15 is 0 Å². The van der Waals surface area contributed by atoms with Gasteiger partial charge in [0.05, 0.1) is 5.52 Å². The van der Waals surface area contributed by atoms with Crippen molar-refractivity contribution in [2.45, 2.75) is 0 Å². The summed E-state index contributed by atoms with van der Waals surface area (Å²) < 4.78 is 17.5. The lowest BCUT2D eigenvalue weighted by molar-refractivity contribution is 0.112. The molecule has 1 heterocycles. The van der Waals surface area contributed by atoms with E-state index in [-0.39, 0.29) is 16.7 Å². The molecule has 0 spiro atoms. The molecule has 0 unspecified atom stereocenters. The van der Waals surface area contributed by atoms with Crippen molar-refractivity contribution in [3.8, 4) is 0 Å². The van der Waals surface area contributed by atoms with Crippen LogP contribution in [-0.2, 0) is 0 Å². The van der Waals surface area contributed by atoms with Crippen LogP contribution in [0.4, 0.5) is 4.39 Å². The van der Waals surface area contributed by atoms with E-state index in [0.717, 1.165) is 6.07 Å². The maximum atomic E-state index is 13.0. The maximum Gasteiger partial charge on any atom is 0.417 e. The summed E-state index contributed by atoms with van der Waals surface area (Å²) in [6, 6.07) is 2.35. The van der Waals surface area contributed by atoms with Gasteiger partial charge in [0, 0.05) is 5.56 Å². The van der Waals surface area contributed by atoms with Crippen LogP contribution in [0.3, 0.4) is 0 Å². The summed E-state index contributed by atoms with van der Waals surface area (Å²) in [5.41, 5.74) is 0.185. The first kappa shape index (κ1) is 7.72. The summed E-state index contributed by atoms with van der Waals surface area (Å²) in [5.74, 6) is -1.46. The molecule has 0 bridgehead atoms. The fraction of sp³-hybridized carbons (Fsp3) is 0. The number of aromatic nitrogens is 1. The molecule has 2 aromatic rings. The minimum absolute atomic E-state index is 0.155. The van der Waals surface area contributed by atoms with Gasteiger partial charge < -0.3 is 4.42 Å². The van der Waals surface area contributed by atoms with E-state index in [1.165, 1.54) is 6.07 Å². The van der Waals surface area contributed by atoms with E-state index in [1.54, 1.807) is 0 Å². The third-order valence-electron chi connectivity index (χ3n) is 1.63. The summed E-state index contributed by atoms with van der Waals surface area (Å²) in [6.07, 6.45) is 0.494. The van der Waals surface area contributed by atoms with Crippen LogP contribution in [0.2, 0.25) is 0 Å². The molecule has 13 heavy (non-hydrogen) atoms. The van der Waals surface area contributed by atoms with Crippen LogP contribution in [0.1, 0.15) is 10.4 Å². The second-order valence-corrected chi connectivity index (χ2v) is 2.51. The molecule has 4 nitrogen and oxygen atoms in total. The number of nitrogens with one attached hydrogen (secondary N) is 1. The molecule has 0 aliphatic carbocycles. The summed E-state index contributed by atoms with van der Waals surface area (Å²) in [5, 5.41) is 0. The Hall–Kier alpha value is -1.91. The van der Waals surface area contributed by atoms with Crippen molar-refractivity contribution in [3.63, 3.8) is 0 Å². The number of halogens is 1. The average Bonchev–Trinajstić information content (AvgIpc) is 2.46. The highest BCUT2D eigenvalue weighted by Crippen LogP contribution is 2.15. The quantitative estimate of drug-likeness (QED) is 0.669. The fourth-order valence-corrected chi connectivity index (χ4v) is 1.11. The molecule has 5 heteroatoms. The normalized spacial score (nSPS) is 10.5. The van der Waals surface area contributed by atoms with Gasteiger partial charge in [-0.25, -0.2) is 9.18 Å². The largest absolute Gasteiger partial charge is 0.417 e. The Labute approximate surface area is 71.0 Å².